The number of likely N-dealkylation sites (N-methyl/N-ethyl adjacent to an activating group) is 1. The quantitative estimate of drug-likeness (QED) is 0.714. The molecule has 31 heavy (non-hydrogen) atoms. The van der Waals surface area contributed by atoms with E-state index in [9.17, 15) is 9.59 Å². The van der Waals surface area contributed by atoms with E-state index in [1.165, 1.54) is 0 Å². The van der Waals surface area contributed by atoms with Crippen LogP contribution in [0.15, 0.2) is 42.6 Å². The fourth-order valence-electron chi connectivity index (χ4n) is 3.71. The summed E-state index contributed by atoms with van der Waals surface area (Å²) >= 11 is 0. The molecule has 1 fully saturated rings. The number of nitrogens with zero attached hydrogens (tertiary/aromatic N) is 3. The van der Waals surface area contributed by atoms with Crippen molar-refractivity contribution in [2.75, 3.05) is 38.1 Å². The van der Waals surface area contributed by atoms with Gasteiger partial charge in [0.15, 0.2) is 0 Å². The van der Waals surface area contributed by atoms with Crippen molar-refractivity contribution >= 4 is 17.6 Å². The summed E-state index contributed by atoms with van der Waals surface area (Å²) in [4.78, 5) is 34.8. The molecule has 1 atom stereocenters. The van der Waals surface area contributed by atoms with E-state index in [0.29, 0.717) is 12.1 Å². The maximum atomic E-state index is 13.0. The Morgan fingerprint density at radius 2 is 1.84 bits per heavy atom. The minimum absolute atomic E-state index is 0.0419. The number of carbonyl (C=O) groups is 2. The predicted molar refractivity (Wildman–Crippen MR) is 123 cm³/mol. The maximum absolute atomic E-state index is 13.0. The molecular formula is C24H33N5O2. The van der Waals surface area contributed by atoms with Crippen LogP contribution in [0.3, 0.4) is 0 Å². The van der Waals surface area contributed by atoms with Gasteiger partial charge < -0.3 is 20.4 Å². The summed E-state index contributed by atoms with van der Waals surface area (Å²) in [5.74, 6) is 0.446. The summed E-state index contributed by atoms with van der Waals surface area (Å²) in [6.45, 7) is 9.98. The lowest BCUT2D eigenvalue weighted by Crippen LogP contribution is -2.49. The van der Waals surface area contributed by atoms with Gasteiger partial charge in [0, 0.05) is 50.0 Å². The number of hydrogen-bond donors (Lipinski definition) is 2. The summed E-state index contributed by atoms with van der Waals surface area (Å²) < 4.78 is 0. The molecule has 2 heterocycles. The molecule has 0 spiro atoms. The molecule has 0 bridgehead atoms. The number of aromatic nitrogens is 1. The molecule has 1 aliphatic heterocycles. The van der Waals surface area contributed by atoms with Crippen molar-refractivity contribution in [2.24, 2.45) is 5.92 Å². The molecule has 1 aromatic heterocycles. The van der Waals surface area contributed by atoms with Gasteiger partial charge in [-0.15, -0.1) is 0 Å². The Hall–Kier alpha value is -2.93. The van der Waals surface area contributed by atoms with Crippen LogP contribution in [0.1, 0.15) is 35.3 Å². The Morgan fingerprint density at radius 1 is 1.10 bits per heavy atom. The van der Waals surface area contributed by atoms with E-state index in [1.807, 2.05) is 51.1 Å². The number of nitrogens with one attached hydrogen (secondary N) is 2. The minimum atomic E-state index is -0.614. The van der Waals surface area contributed by atoms with Gasteiger partial charge in [-0.1, -0.05) is 37.6 Å². The Kier molecular flexibility index (Phi) is 7.63. The molecule has 1 aliphatic rings. The van der Waals surface area contributed by atoms with E-state index in [2.05, 4.69) is 32.5 Å². The van der Waals surface area contributed by atoms with Crippen LogP contribution in [0.25, 0.3) is 0 Å². The summed E-state index contributed by atoms with van der Waals surface area (Å²) in [5.41, 5.74) is 2.54. The van der Waals surface area contributed by atoms with Crippen LogP contribution in [0.4, 0.5) is 5.82 Å². The molecule has 7 heteroatoms. The van der Waals surface area contributed by atoms with Crippen LogP contribution in [0.5, 0.6) is 0 Å². The third kappa shape index (κ3) is 6.04. The maximum Gasteiger partial charge on any atom is 0.251 e. The highest BCUT2D eigenvalue weighted by Gasteiger charge is 2.25. The fourth-order valence-corrected chi connectivity index (χ4v) is 3.71. The number of anilines is 1. The van der Waals surface area contributed by atoms with Crippen molar-refractivity contribution < 1.29 is 9.59 Å². The Balaban J connectivity index is 1.65. The highest BCUT2D eigenvalue weighted by molar-refractivity contribution is 5.97. The molecule has 1 aromatic carbocycles. The lowest BCUT2D eigenvalue weighted by atomic mass is 10.0. The monoisotopic (exact) mass is 423 g/mol. The minimum Gasteiger partial charge on any atom is -0.354 e. The SMILES string of the molecule is Cc1cccc(C(=O)NC(C(=O)NCc2cccnc2N2CCN(C)CC2)C(C)C)c1. The first-order valence-electron chi connectivity index (χ1n) is 10.9. The van der Waals surface area contributed by atoms with E-state index in [1.54, 1.807) is 12.3 Å². The molecular weight excluding hydrogens is 390 g/mol. The zero-order valence-corrected chi connectivity index (χ0v) is 18.9. The second kappa shape index (κ2) is 10.4. The standard InChI is InChI=1S/C24H33N5O2/c1-17(2)21(27-23(30)19-8-5-7-18(3)15-19)24(31)26-16-20-9-6-10-25-22(20)29-13-11-28(4)12-14-29/h5-10,15,17,21H,11-14,16H2,1-4H3,(H,26,31)(H,27,30). The predicted octanol–water partition coefficient (Wildman–Crippen LogP) is 2.21. The van der Waals surface area contributed by atoms with Gasteiger partial charge in [-0.2, -0.15) is 0 Å². The lowest BCUT2D eigenvalue weighted by molar-refractivity contribution is -0.124. The van der Waals surface area contributed by atoms with Gasteiger partial charge in [-0.05, 0) is 38.1 Å². The molecule has 0 aliphatic carbocycles. The zero-order chi connectivity index (χ0) is 22.4. The van der Waals surface area contributed by atoms with Crippen LogP contribution < -0.4 is 15.5 Å². The molecule has 1 saturated heterocycles. The number of benzene rings is 1. The van der Waals surface area contributed by atoms with Gasteiger partial charge in [0.25, 0.3) is 5.91 Å². The number of amides is 2. The Bertz CT molecular complexity index is 906. The molecule has 2 aromatic rings. The third-order valence-electron chi connectivity index (χ3n) is 5.64. The number of rotatable bonds is 7. The number of hydrogen-bond acceptors (Lipinski definition) is 5. The van der Waals surface area contributed by atoms with Gasteiger partial charge in [0.05, 0.1) is 0 Å². The second-order valence-electron chi connectivity index (χ2n) is 8.56. The molecule has 0 saturated carbocycles. The zero-order valence-electron chi connectivity index (χ0n) is 18.9. The lowest BCUT2D eigenvalue weighted by Gasteiger charge is -2.34. The fraction of sp³-hybridized carbons (Fsp3) is 0.458. The van der Waals surface area contributed by atoms with Crippen molar-refractivity contribution in [2.45, 2.75) is 33.4 Å². The van der Waals surface area contributed by atoms with Gasteiger partial charge in [-0.25, -0.2) is 4.98 Å². The second-order valence-corrected chi connectivity index (χ2v) is 8.56. The summed E-state index contributed by atoms with van der Waals surface area (Å²) in [6.07, 6.45) is 1.79. The number of pyridine rings is 1. The van der Waals surface area contributed by atoms with Crippen molar-refractivity contribution in [3.63, 3.8) is 0 Å². The van der Waals surface area contributed by atoms with Crippen LogP contribution in [-0.2, 0) is 11.3 Å². The van der Waals surface area contributed by atoms with Crippen molar-refractivity contribution in [3.05, 3.63) is 59.3 Å². The third-order valence-corrected chi connectivity index (χ3v) is 5.64. The van der Waals surface area contributed by atoms with Gasteiger partial charge in [0.1, 0.15) is 11.9 Å². The molecule has 1 unspecified atom stereocenters. The molecule has 166 valence electrons. The van der Waals surface area contributed by atoms with Crippen LogP contribution >= 0.6 is 0 Å². The normalized spacial score (nSPS) is 15.6. The molecule has 2 amide bonds. The van der Waals surface area contributed by atoms with E-state index >= 15 is 0 Å². The van der Waals surface area contributed by atoms with E-state index < -0.39 is 6.04 Å². The highest BCUT2D eigenvalue weighted by Crippen LogP contribution is 2.19. The van der Waals surface area contributed by atoms with Crippen LogP contribution in [-0.4, -0.2) is 61.0 Å². The first kappa shape index (κ1) is 22.7. The number of aryl methyl sites for hydroxylation is 1. The summed E-state index contributed by atoms with van der Waals surface area (Å²) in [6, 6.07) is 10.6. The first-order valence-corrected chi connectivity index (χ1v) is 10.9. The van der Waals surface area contributed by atoms with Gasteiger partial charge >= 0.3 is 0 Å². The highest BCUT2D eigenvalue weighted by atomic mass is 16.2. The number of piperazine rings is 1. The van der Waals surface area contributed by atoms with Gasteiger partial charge in [0.2, 0.25) is 5.91 Å². The first-order chi connectivity index (χ1) is 14.8. The van der Waals surface area contributed by atoms with E-state index in [4.69, 9.17) is 0 Å². The van der Waals surface area contributed by atoms with Crippen molar-refractivity contribution in [1.29, 1.82) is 0 Å². The Morgan fingerprint density at radius 3 is 2.52 bits per heavy atom. The van der Waals surface area contributed by atoms with Crippen molar-refractivity contribution in [1.82, 2.24) is 20.5 Å². The van der Waals surface area contributed by atoms with Gasteiger partial charge in [-0.3, -0.25) is 9.59 Å². The average molecular weight is 424 g/mol. The largest absolute Gasteiger partial charge is 0.354 e. The van der Waals surface area contributed by atoms with Crippen LogP contribution in [0.2, 0.25) is 0 Å². The summed E-state index contributed by atoms with van der Waals surface area (Å²) in [5, 5.41) is 5.90. The number of carbonyl (C=O) groups excluding carboxylic acids is 2. The Labute approximate surface area is 184 Å². The topological polar surface area (TPSA) is 77.6 Å². The molecule has 0 radical (unpaired) electrons. The summed E-state index contributed by atoms with van der Waals surface area (Å²) in [7, 11) is 2.12. The van der Waals surface area contributed by atoms with E-state index in [0.717, 1.165) is 43.1 Å². The van der Waals surface area contributed by atoms with Crippen molar-refractivity contribution in [3.8, 4) is 0 Å². The molecule has 7 nitrogen and oxygen atoms in total. The average Bonchev–Trinajstić information content (AvgIpc) is 2.76. The van der Waals surface area contributed by atoms with E-state index in [-0.39, 0.29) is 17.7 Å². The smallest absolute Gasteiger partial charge is 0.251 e. The molecule has 2 N–H and O–H groups in total. The van der Waals surface area contributed by atoms with Crippen LogP contribution in [0, 0.1) is 12.8 Å². The molecule has 3 rings (SSSR count).